The molecule has 0 aliphatic heterocycles. The number of hydrogen-bond acceptors (Lipinski definition) is 6. The highest BCUT2D eigenvalue weighted by atomic mass is 79.9. The lowest BCUT2D eigenvalue weighted by molar-refractivity contribution is 0.0946. The van der Waals surface area contributed by atoms with E-state index in [0.29, 0.717) is 28.6 Å². The van der Waals surface area contributed by atoms with E-state index in [1.165, 1.54) is 19.3 Å². The van der Waals surface area contributed by atoms with Crippen molar-refractivity contribution in [1.29, 1.82) is 0 Å². The van der Waals surface area contributed by atoms with Crippen LogP contribution in [0.1, 0.15) is 73.8 Å². The fraction of sp³-hybridized carbons (Fsp3) is 0.464. The van der Waals surface area contributed by atoms with Crippen molar-refractivity contribution in [3.8, 4) is 5.75 Å². The minimum atomic E-state index is -0.235. The van der Waals surface area contributed by atoms with Crippen LogP contribution in [-0.2, 0) is 6.54 Å². The summed E-state index contributed by atoms with van der Waals surface area (Å²) in [6.07, 6.45) is 12.0. The van der Waals surface area contributed by atoms with Gasteiger partial charge in [0.05, 0.1) is 17.3 Å². The molecule has 190 valence electrons. The van der Waals surface area contributed by atoms with Gasteiger partial charge in [-0.1, -0.05) is 18.6 Å². The largest absolute Gasteiger partial charge is 0.490 e. The van der Waals surface area contributed by atoms with E-state index in [0.717, 1.165) is 60.7 Å². The normalized spacial score (nSPS) is 20.7. The highest BCUT2D eigenvalue weighted by Crippen LogP contribution is 2.32. The molecule has 0 saturated heterocycles. The summed E-state index contributed by atoms with van der Waals surface area (Å²) in [6.45, 7) is 0.403. The van der Waals surface area contributed by atoms with Gasteiger partial charge in [0.2, 0.25) is 0 Å². The Morgan fingerprint density at radius 2 is 1.78 bits per heavy atom. The van der Waals surface area contributed by atoms with Crippen LogP contribution in [-0.4, -0.2) is 34.1 Å². The van der Waals surface area contributed by atoms with Crippen LogP contribution < -0.4 is 21.1 Å². The number of pyridine rings is 2. The predicted octanol–water partition coefficient (Wildman–Crippen LogP) is 5.72. The molecule has 4 N–H and O–H groups in total. The third kappa shape index (κ3) is 5.98. The quantitative estimate of drug-likeness (QED) is 0.325. The molecular weight excluding hydrogens is 518 g/mol. The number of carbonyl (C=O) groups excluding carboxylic acids is 1. The van der Waals surface area contributed by atoms with Crippen molar-refractivity contribution >= 4 is 38.4 Å². The fourth-order valence-corrected chi connectivity index (χ4v) is 5.69. The van der Waals surface area contributed by atoms with Gasteiger partial charge in [0, 0.05) is 30.2 Å². The first-order valence-corrected chi connectivity index (χ1v) is 13.9. The Kier molecular flexibility index (Phi) is 8.02. The number of anilines is 1. The number of nitrogens with two attached hydrogens (primary N) is 1. The molecule has 2 aliphatic rings. The van der Waals surface area contributed by atoms with Crippen molar-refractivity contribution < 1.29 is 9.53 Å². The highest BCUT2D eigenvalue weighted by Gasteiger charge is 2.24. The van der Waals surface area contributed by atoms with Gasteiger partial charge in [-0.15, -0.1) is 0 Å². The molecule has 8 heteroatoms. The van der Waals surface area contributed by atoms with Crippen molar-refractivity contribution in [3.05, 3.63) is 58.5 Å². The molecule has 1 aromatic carbocycles. The molecule has 2 fully saturated rings. The van der Waals surface area contributed by atoms with E-state index in [4.69, 9.17) is 10.5 Å². The SMILES string of the molecule is NC1CCC(Nc2c(C(=O)NCc3ccc(OC4CCCCC4)cc3)nc(Br)c3cccnc23)CC1. The molecule has 2 aliphatic carbocycles. The summed E-state index contributed by atoms with van der Waals surface area (Å²) >= 11 is 3.54. The summed E-state index contributed by atoms with van der Waals surface area (Å²) in [7, 11) is 0. The fourth-order valence-electron chi connectivity index (χ4n) is 5.19. The number of nitrogens with one attached hydrogen (secondary N) is 2. The standard InChI is InChI=1S/C28H34BrN5O2/c29-27-23-7-4-16-31-24(23)25(33-20-12-10-19(30)11-13-20)26(34-27)28(35)32-17-18-8-14-22(15-9-18)36-21-5-2-1-3-6-21/h4,7-9,14-16,19-21,33H,1-3,5-6,10-13,17,30H2,(H,32,35). The Labute approximate surface area is 220 Å². The summed E-state index contributed by atoms with van der Waals surface area (Å²) in [5.74, 6) is 0.655. The molecule has 36 heavy (non-hydrogen) atoms. The molecule has 0 unspecified atom stereocenters. The average molecular weight is 553 g/mol. The summed E-state index contributed by atoms with van der Waals surface area (Å²) in [6, 6.07) is 12.3. The summed E-state index contributed by atoms with van der Waals surface area (Å²) in [5.41, 5.74) is 8.88. The number of rotatable bonds is 7. The van der Waals surface area contributed by atoms with E-state index >= 15 is 0 Å². The summed E-state index contributed by atoms with van der Waals surface area (Å²) < 4.78 is 6.74. The molecule has 0 radical (unpaired) electrons. The van der Waals surface area contributed by atoms with Crippen molar-refractivity contribution in [3.63, 3.8) is 0 Å². The minimum Gasteiger partial charge on any atom is -0.490 e. The van der Waals surface area contributed by atoms with Crippen LogP contribution in [0.3, 0.4) is 0 Å². The zero-order valence-corrected chi connectivity index (χ0v) is 22.1. The van der Waals surface area contributed by atoms with E-state index < -0.39 is 0 Å². The van der Waals surface area contributed by atoms with Gasteiger partial charge in [-0.05, 0) is 97.1 Å². The van der Waals surface area contributed by atoms with E-state index in [1.807, 2.05) is 36.4 Å². The topological polar surface area (TPSA) is 102 Å². The first-order valence-electron chi connectivity index (χ1n) is 13.1. The second-order valence-electron chi connectivity index (χ2n) is 9.99. The van der Waals surface area contributed by atoms with Crippen molar-refractivity contribution in [2.75, 3.05) is 5.32 Å². The molecular formula is C28H34BrN5O2. The molecule has 1 amide bonds. The monoisotopic (exact) mass is 551 g/mol. The Hall–Kier alpha value is -2.71. The van der Waals surface area contributed by atoms with Gasteiger partial charge in [-0.25, -0.2) is 4.98 Å². The zero-order valence-electron chi connectivity index (χ0n) is 20.5. The van der Waals surface area contributed by atoms with E-state index in [9.17, 15) is 4.79 Å². The van der Waals surface area contributed by atoms with Gasteiger partial charge >= 0.3 is 0 Å². The Morgan fingerprint density at radius 3 is 2.53 bits per heavy atom. The smallest absolute Gasteiger partial charge is 0.272 e. The van der Waals surface area contributed by atoms with Crippen molar-refractivity contribution in [2.24, 2.45) is 5.73 Å². The number of halogens is 1. The molecule has 0 bridgehead atoms. The second kappa shape index (κ2) is 11.6. The highest BCUT2D eigenvalue weighted by molar-refractivity contribution is 9.10. The van der Waals surface area contributed by atoms with Crippen LogP contribution in [0.4, 0.5) is 5.69 Å². The number of nitrogens with zero attached hydrogens (tertiary/aromatic N) is 2. The Bertz CT molecular complexity index is 1190. The molecule has 0 atom stereocenters. The second-order valence-corrected chi connectivity index (χ2v) is 10.7. The first-order chi connectivity index (χ1) is 17.6. The molecule has 5 rings (SSSR count). The number of aromatic nitrogens is 2. The number of carbonyl (C=O) groups is 1. The number of amides is 1. The molecule has 7 nitrogen and oxygen atoms in total. The third-order valence-electron chi connectivity index (χ3n) is 7.28. The number of benzene rings is 1. The van der Waals surface area contributed by atoms with Gasteiger partial charge in [-0.2, -0.15) is 0 Å². The van der Waals surface area contributed by atoms with E-state index in [2.05, 4.69) is 36.5 Å². The maximum atomic E-state index is 13.4. The van der Waals surface area contributed by atoms with E-state index in [-0.39, 0.29) is 18.0 Å². The van der Waals surface area contributed by atoms with E-state index in [1.54, 1.807) is 6.20 Å². The van der Waals surface area contributed by atoms with Crippen LogP contribution in [0.2, 0.25) is 0 Å². The van der Waals surface area contributed by atoms with Crippen molar-refractivity contribution in [1.82, 2.24) is 15.3 Å². The summed E-state index contributed by atoms with van der Waals surface area (Å²) in [5, 5.41) is 7.50. The van der Waals surface area contributed by atoms with Gasteiger partial charge < -0.3 is 21.1 Å². The molecule has 2 heterocycles. The van der Waals surface area contributed by atoms with Gasteiger partial charge in [0.1, 0.15) is 10.4 Å². The number of fused-ring (bicyclic) bond motifs is 1. The zero-order chi connectivity index (χ0) is 24.9. The van der Waals surface area contributed by atoms with Crippen LogP contribution >= 0.6 is 15.9 Å². The average Bonchev–Trinajstić information content (AvgIpc) is 2.91. The summed E-state index contributed by atoms with van der Waals surface area (Å²) in [4.78, 5) is 22.6. The van der Waals surface area contributed by atoms with Crippen LogP contribution in [0.15, 0.2) is 47.2 Å². The van der Waals surface area contributed by atoms with Crippen molar-refractivity contribution in [2.45, 2.75) is 82.5 Å². The van der Waals surface area contributed by atoms with Gasteiger partial charge in [-0.3, -0.25) is 9.78 Å². The maximum absolute atomic E-state index is 13.4. The Balaban J connectivity index is 1.30. The maximum Gasteiger partial charge on any atom is 0.272 e. The lowest BCUT2D eigenvalue weighted by Gasteiger charge is -2.28. The number of hydrogen-bond donors (Lipinski definition) is 3. The molecule has 3 aromatic rings. The third-order valence-corrected chi connectivity index (χ3v) is 7.88. The Morgan fingerprint density at radius 1 is 1.03 bits per heavy atom. The lowest BCUT2D eigenvalue weighted by atomic mass is 9.91. The minimum absolute atomic E-state index is 0.235. The lowest BCUT2D eigenvalue weighted by Crippen LogP contribution is -2.34. The molecule has 2 aromatic heterocycles. The predicted molar refractivity (Wildman–Crippen MR) is 146 cm³/mol. The number of ether oxygens (including phenoxy) is 1. The van der Waals surface area contributed by atoms with Crippen LogP contribution in [0.25, 0.3) is 10.9 Å². The first kappa shape index (κ1) is 25.0. The van der Waals surface area contributed by atoms with Crippen LogP contribution in [0, 0.1) is 0 Å². The molecule has 2 saturated carbocycles. The molecule has 0 spiro atoms. The van der Waals surface area contributed by atoms with Crippen LogP contribution in [0.5, 0.6) is 5.75 Å². The van der Waals surface area contributed by atoms with Gasteiger partial charge in [0.25, 0.3) is 5.91 Å². The van der Waals surface area contributed by atoms with Gasteiger partial charge in [0.15, 0.2) is 5.69 Å².